The second-order valence-corrected chi connectivity index (χ2v) is 4.25. The first-order chi connectivity index (χ1) is 6.68. The van der Waals surface area contributed by atoms with Crippen LogP contribution in [0.5, 0.6) is 0 Å². The number of ether oxygens (including phenoxy) is 1. The van der Waals surface area contributed by atoms with Gasteiger partial charge in [0, 0.05) is 13.0 Å². The molecule has 1 aliphatic rings. The lowest BCUT2D eigenvalue weighted by Gasteiger charge is -2.23. The van der Waals surface area contributed by atoms with Crippen LogP contribution in [0.25, 0.3) is 0 Å². The number of hydrogen-bond acceptors (Lipinski definition) is 3. The van der Waals surface area contributed by atoms with Crippen molar-refractivity contribution in [2.75, 3.05) is 6.54 Å². The molecule has 1 fully saturated rings. The van der Waals surface area contributed by atoms with Gasteiger partial charge in [0.1, 0.15) is 6.10 Å². The molecule has 0 radical (unpaired) electrons. The van der Waals surface area contributed by atoms with E-state index in [0.29, 0.717) is 6.54 Å². The molecule has 1 aliphatic heterocycles. The Morgan fingerprint density at radius 2 is 2.00 bits per heavy atom. The zero-order chi connectivity index (χ0) is 10.6. The molecule has 0 saturated carbocycles. The molecule has 3 heteroatoms. The SMILES string of the molecule is CCCC1(CCC)CC(CN)OC1=O. The molecular formula is C11H21NO2. The molecule has 1 atom stereocenters. The van der Waals surface area contributed by atoms with Crippen molar-refractivity contribution in [3.05, 3.63) is 0 Å². The molecule has 2 N–H and O–H groups in total. The number of nitrogens with two attached hydrogens (primary N) is 1. The molecule has 0 bridgehead atoms. The minimum Gasteiger partial charge on any atom is -0.461 e. The molecule has 1 saturated heterocycles. The molecule has 0 aromatic rings. The maximum absolute atomic E-state index is 11.8. The van der Waals surface area contributed by atoms with E-state index in [9.17, 15) is 4.79 Å². The van der Waals surface area contributed by atoms with Crippen LogP contribution in [-0.4, -0.2) is 18.6 Å². The molecule has 0 spiro atoms. The lowest BCUT2D eigenvalue weighted by molar-refractivity contribution is -0.149. The van der Waals surface area contributed by atoms with Crippen LogP contribution >= 0.6 is 0 Å². The van der Waals surface area contributed by atoms with Crippen LogP contribution in [0.4, 0.5) is 0 Å². The summed E-state index contributed by atoms with van der Waals surface area (Å²) in [5.74, 6) is -0.0170. The topological polar surface area (TPSA) is 52.3 Å². The van der Waals surface area contributed by atoms with Gasteiger partial charge in [-0.05, 0) is 12.8 Å². The second-order valence-electron chi connectivity index (χ2n) is 4.25. The molecule has 1 heterocycles. The summed E-state index contributed by atoms with van der Waals surface area (Å²) in [7, 11) is 0. The third kappa shape index (κ3) is 2.08. The summed E-state index contributed by atoms with van der Waals surface area (Å²) in [6, 6.07) is 0. The number of carbonyl (C=O) groups is 1. The number of esters is 1. The predicted molar refractivity (Wildman–Crippen MR) is 55.8 cm³/mol. The summed E-state index contributed by atoms with van der Waals surface area (Å²) in [4.78, 5) is 11.8. The summed E-state index contributed by atoms with van der Waals surface area (Å²) >= 11 is 0. The fourth-order valence-corrected chi connectivity index (χ4v) is 2.46. The predicted octanol–water partition coefficient (Wildman–Crippen LogP) is 1.85. The van der Waals surface area contributed by atoms with Gasteiger partial charge in [0.05, 0.1) is 5.41 Å². The quantitative estimate of drug-likeness (QED) is 0.687. The third-order valence-corrected chi connectivity index (χ3v) is 3.05. The van der Waals surface area contributed by atoms with Crippen molar-refractivity contribution in [3.63, 3.8) is 0 Å². The van der Waals surface area contributed by atoms with Crippen molar-refractivity contribution in [2.45, 2.75) is 52.1 Å². The van der Waals surface area contributed by atoms with Gasteiger partial charge in [-0.25, -0.2) is 0 Å². The van der Waals surface area contributed by atoms with E-state index in [4.69, 9.17) is 10.5 Å². The van der Waals surface area contributed by atoms with E-state index >= 15 is 0 Å². The summed E-state index contributed by atoms with van der Waals surface area (Å²) in [5, 5.41) is 0. The van der Waals surface area contributed by atoms with Crippen LogP contribution in [0.2, 0.25) is 0 Å². The van der Waals surface area contributed by atoms with E-state index in [2.05, 4.69) is 13.8 Å². The van der Waals surface area contributed by atoms with Gasteiger partial charge in [-0.1, -0.05) is 26.7 Å². The molecule has 0 aromatic carbocycles. The van der Waals surface area contributed by atoms with Gasteiger partial charge in [-0.2, -0.15) is 0 Å². The van der Waals surface area contributed by atoms with E-state index < -0.39 is 0 Å². The van der Waals surface area contributed by atoms with Crippen LogP contribution in [0.15, 0.2) is 0 Å². The fraction of sp³-hybridized carbons (Fsp3) is 0.909. The lowest BCUT2D eigenvalue weighted by atomic mass is 9.77. The Hall–Kier alpha value is -0.570. The summed E-state index contributed by atoms with van der Waals surface area (Å²) < 4.78 is 5.27. The summed E-state index contributed by atoms with van der Waals surface area (Å²) in [5.41, 5.74) is 5.32. The van der Waals surface area contributed by atoms with E-state index in [-0.39, 0.29) is 17.5 Å². The van der Waals surface area contributed by atoms with Crippen LogP contribution in [0, 0.1) is 5.41 Å². The third-order valence-electron chi connectivity index (χ3n) is 3.05. The smallest absolute Gasteiger partial charge is 0.312 e. The van der Waals surface area contributed by atoms with E-state index in [0.717, 1.165) is 32.1 Å². The highest BCUT2D eigenvalue weighted by atomic mass is 16.6. The van der Waals surface area contributed by atoms with E-state index in [1.807, 2.05) is 0 Å². The zero-order valence-electron chi connectivity index (χ0n) is 9.21. The number of hydrogen-bond donors (Lipinski definition) is 1. The van der Waals surface area contributed by atoms with Gasteiger partial charge in [0.25, 0.3) is 0 Å². The van der Waals surface area contributed by atoms with Gasteiger partial charge < -0.3 is 10.5 Å². The second kappa shape index (κ2) is 4.78. The number of rotatable bonds is 5. The first kappa shape index (κ1) is 11.5. The van der Waals surface area contributed by atoms with Gasteiger partial charge in [-0.3, -0.25) is 4.79 Å². The van der Waals surface area contributed by atoms with Gasteiger partial charge in [0.15, 0.2) is 0 Å². The van der Waals surface area contributed by atoms with Crippen LogP contribution in [-0.2, 0) is 9.53 Å². The maximum Gasteiger partial charge on any atom is 0.312 e. The van der Waals surface area contributed by atoms with E-state index in [1.165, 1.54) is 0 Å². The Labute approximate surface area is 86.0 Å². The molecule has 14 heavy (non-hydrogen) atoms. The average Bonchev–Trinajstić information content (AvgIpc) is 2.45. The average molecular weight is 199 g/mol. The first-order valence-electron chi connectivity index (χ1n) is 5.59. The highest BCUT2D eigenvalue weighted by molar-refractivity contribution is 5.79. The molecule has 3 nitrogen and oxygen atoms in total. The first-order valence-corrected chi connectivity index (χ1v) is 5.59. The van der Waals surface area contributed by atoms with Crippen molar-refractivity contribution in [2.24, 2.45) is 11.1 Å². The molecule has 1 unspecified atom stereocenters. The standard InChI is InChI=1S/C11H21NO2/c1-3-5-11(6-4-2)7-9(8-12)14-10(11)13/h9H,3-8,12H2,1-2H3. The van der Waals surface area contributed by atoms with Crippen molar-refractivity contribution in [3.8, 4) is 0 Å². The molecule has 0 aromatic heterocycles. The highest BCUT2D eigenvalue weighted by Gasteiger charge is 2.46. The minimum absolute atomic E-state index is 0.0170. The zero-order valence-corrected chi connectivity index (χ0v) is 9.21. The monoisotopic (exact) mass is 199 g/mol. The summed E-state index contributed by atoms with van der Waals surface area (Å²) in [6.45, 7) is 4.68. The molecule has 1 rings (SSSR count). The molecule has 0 amide bonds. The molecular weight excluding hydrogens is 178 g/mol. The Kier molecular flexibility index (Phi) is 3.93. The van der Waals surface area contributed by atoms with Crippen molar-refractivity contribution >= 4 is 5.97 Å². The fourth-order valence-electron chi connectivity index (χ4n) is 2.46. The Bertz CT molecular complexity index is 197. The van der Waals surface area contributed by atoms with Crippen LogP contribution in [0.1, 0.15) is 46.0 Å². The minimum atomic E-state index is -0.215. The van der Waals surface area contributed by atoms with Gasteiger partial charge >= 0.3 is 5.97 Å². The maximum atomic E-state index is 11.8. The molecule has 0 aliphatic carbocycles. The van der Waals surface area contributed by atoms with Crippen molar-refractivity contribution < 1.29 is 9.53 Å². The van der Waals surface area contributed by atoms with Gasteiger partial charge in [-0.15, -0.1) is 0 Å². The van der Waals surface area contributed by atoms with Crippen molar-refractivity contribution in [1.29, 1.82) is 0 Å². The molecule has 82 valence electrons. The van der Waals surface area contributed by atoms with Crippen molar-refractivity contribution in [1.82, 2.24) is 0 Å². The summed E-state index contributed by atoms with van der Waals surface area (Å²) in [6.07, 6.45) is 4.73. The number of cyclic esters (lactones) is 1. The Balaban J connectivity index is 2.71. The van der Waals surface area contributed by atoms with Gasteiger partial charge in [0.2, 0.25) is 0 Å². The van der Waals surface area contributed by atoms with E-state index in [1.54, 1.807) is 0 Å². The highest BCUT2D eigenvalue weighted by Crippen LogP contribution is 2.41. The normalized spacial score (nSPS) is 25.1. The van der Waals surface area contributed by atoms with Crippen LogP contribution < -0.4 is 5.73 Å². The lowest BCUT2D eigenvalue weighted by Crippen LogP contribution is -2.26. The Morgan fingerprint density at radius 1 is 1.43 bits per heavy atom. The largest absolute Gasteiger partial charge is 0.461 e. The van der Waals surface area contributed by atoms with Crippen LogP contribution in [0.3, 0.4) is 0 Å². The number of carbonyl (C=O) groups excluding carboxylic acids is 1. The Morgan fingerprint density at radius 3 is 2.36 bits per heavy atom.